The van der Waals surface area contributed by atoms with Crippen LogP contribution in [0, 0.1) is 5.92 Å². The number of hydrogen-bond donors (Lipinski definition) is 2. The summed E-state index contributed by atoms with van der Waals surface area (Å²) in [6.07, 6.45) is 3.69. The van der Waals surface area contributed by atoms with Crippen molar-refractivity contribution in [3.05, 3.63) is 45.9 Å². The van der Waals surface area contributed by atoms with Crippen molar-refractivity contribution >= 4 is 17.2 Å². The number of rotatable bonds is 4. The number of fused-ring (bicyclic) bond motifs is 1. The van der Waals surface area contributed by atoms with Crippen LogP contribution in [-0.4, -0.2) is 28.7 Å². The molecule has 0 radical (unpaired) electrons. The van der Waals surface area contributed by atoms with Gasteiger partial charge in [0.05, 0.1) is 30.5 Å². The van der Waals surface area contributed by atoms with Gasteiger partial charge in [-0.15, -0.1) is 11.3 Å². The molecule has 4 rings (SSSR count). The van der Waals surface area contributed by atoms with Gasteiger partial charge in [0.25, 0.3) is 5.91 Å². The summed E-state index contributed by atoms with van der Waals surface area (Å²) < 4.78 is 5.56. The van der Waals surface area contributed by atoms with Gasteiger partial charge in [-0.3, -0.25) is 9.78 Å². The van der Waals surface area contributed by atoms with Gasteiger partial charge in [-0.25, -0.2) is 0 Å². The van der Waals surface area contributed by atoms with E-state index in [1.165, 1.54) is 16.9 Å². The Morgan fingerprint density at radius 3 is 3.04 bits per heavy atom. The molecular weight excluding hydrogens is 312 g/mol. The van der Waals surface area contributed by atoms with E-state index in [1.807, 2.05) is 12.1 Å². The molecule has 0 saturated heterocycles. The second-order valence-corrected chi connectivity index (χ2v) is 7.05. The number of aliphatic hydroxyl groups is 1. The minimum atomic E-state index is -0.249. The van der Waals surface area contributed by atoms with Crippen LogP contribution < -0.4 is 10.1 Å². The molecule has 5 nitrogen and oxygen atoms in total. The number of nitrogens with zero attached hydrogens (tertiary/aromatic N) is 1. The zero-order valence-electron chi connectivity index (χ0n) is 12.6. The highest BCUT2D eigenvalue weighted by Gasteiger charge is 2.36. The highest BCUT2D eigenvalue weighted by Crippen LogP contribution is 2.40. The Kier molecular flexibility index (Phi) is 3.79. The van der Waals surface area contributed by atoms with E-state index in [1.54, 1.807) is 11.7 Å². The summed E-state index contributed by atoms with van der Waals surface area (Å²) in [5.41, 5.74) is 3.94. The number of nitrogens with one attached hydrogen (secondary N) is 1. The molecule has 0 unspecified atom stereocenters. The summed E-state index contributed by atoms with van der Waals surface area (Å²) in [5.74, 6) is 1.10. The van der Waals surface area contributed by atoms with Crippen LogP contribution >= 0.6 is 11.3 Å². The van der Waals surface area contributed by atoms with Gasteiger partial charge in [0, 0.05) is 6.42 Å². The maximum absolute atomic E-state index is 12.4. The van der Waals surface area contributed by atoms with Gasteiger partial charge >= 0.3 is 0 Å². The van der Waals surface area contributed by atoms with Crippen molar-refractivity contribution in [2.45, 2.75) is 31.4 Å². The Labute approximate surface area is 138 Å². The summed E-state index contributed by atoms with van der Waals surface area (Å²) >= 11 is 1.33. The van der Waals surface area contributed by atoms with E-state index in [4.69, 9.17) is 4.74 Å². The molecule has 1 fully saturated rings. The van der Waals surface area contributed by atoms with E-state index in [0.717, 1.165) is 37.2 Å². The van der Waals surface area contributed by atoms with Gasteiger partial charge in [0.1, 0.15) is 10.6 Å². The van der Waals surface area contributed by atoms with Crippen LogP contribution in [0.1, 0.15) is 39.7 Å². The molecule has 1 aromatic heterocycles. The SMILES string of the molecule is O=C(N[C@H](c1ccc2c(c1)CCO2)C1CC(O)C1)c1cncs1. The van der Waals surface area contributed by atoms with E-state index in [-0.39, 0.29) is 24.0 Å². The van der Waals surface area contributed by atoms with Crippen LogP contribution in [0.2, 0.25) is 0 Å². The van der Waals surface area contributed by atoms with E-state index >= 15 is 0 Å². The Morgan fingerprint density at radius 1 is 1.43 bits per heavy atom. The largest absolute Gasteiger partial charge is 0.493 e. The average Bonchev–Trinajstić information content (AvgIpc) is 3.19. The minimum Gasteiger partial charge on any atom is -0.493 e. The smallest absolute Gasteiger partial charge is 0.263 e. The monoisotopic (exact) mass is 330 g/mol. The number of amides is 1. The molecule has 2 aliphatic rings. The van der Waals surface area contributed by atoms with E-state index in [2.05, 4.69) is 16.4 Å². The first-order chi connectivity index (χ1) is 11.2. The molecule has 2 aromatic rings. The second kappa shape index (κ2) is 5.94. The fraction of sp³-hybridized carbons (Fsp3) is 0.412. The molecule has 2 N–H and O–H groups in total. The van der Waals surface area contributed by atoms with Gasteiger partial charge in [-0.05, 0) is 42.0 Å². The fourth-order valence-electron chi connectivity index (χ4n) is 3.32. The van der Waals surface area contributed by atoms with Crippen LogP contribution in [0.25, 0.3) is 0 Å². The molecule has 1 aliphatic heterocycles. The molecule has 1 saturated carbocycles. The van der Waals surface area contributed by atoms with Crippen LogP contribution in [0.5, 0.6) is 5.75 Å². The normalized spacial score (nSPS) is 23.5. The Morgan fingerprint density at radius 2 is 2.30 bits per heavy atom. The van der Waals surface area contributed by atoms with Crippen molar-refractivity contribution in [2.75, 3.05) is 6.61 Å². The number of thiazole rings is 1. The van der Waals surface area contributed by atoms with Crippen LogP contribution in [-0.2, 0) is 6.42 Å². The number of benzene rings is 1. The predicted octanol–water partition coefficient (Wildman–Crippen LogP) is 2.32. The molecule has 1 atom stereocenters. The zero-order chi connectivity index (χ0) is 15.8. The summed E-state index contributed by atoms with van der Waals surface area (Å²) in [7, 11) is 0. The molecule has 120 valence electrons. The molecule has 1 amide bonds. The number of aromatic nitrogens is 1. The van der Waals surface area contributed by atoms with Crippen LogP contribution in [0.3, 0.4) is 0 Å². The van der Waals surface area contributed by atoms with Crippen molar-refractivity contribution in [3.8, 4) is 5.75 Å². The molecule has 23 heavy (non-hydrogen) atoms. The molecule has 6 heteroatoms. The molecule has 0 spiro atoms. The first kappa shape index (κ1) is 14.7. The lowest BCUT2D eigenvalue weighted by molar-refractivity contribution is 0.0235. The van der Waals surface area contributed by atoms with Gasteiger partial charge < -0.3 is 15.2 Å². The Hall–Kier alpha value is -1.92. The Bertz CT molecular complexity index is 711. The lowest BCUT2D eigenvalue weighted by Crippen LogP contribution is -2.41. The first-order valence-electron chi connectivity index (χ1n) is 7.84. The number of ether oxygens (including phenoxy) is 1. The van der Waals surface area contributed by atoms with E-state index in [9.17, 15) is 9.90 Å². The summed E-state index contributed by atoms with van der Waals surface area (Å²) in [6, 6.07) is 6.05. The van der Waals surface area contributed by atoms with Crippen molar-refractivity contribution in [2.24, 2.45) is 5.92 Å². The maximum atomic E-state index is 12.4. The highest BCUT2D eigenvalue weighted by atomic mass is 32.1. The maximum Gasteiger partial charge on any atom is 0.263 e. The molecule has 0 bridgehead atoms. The third-order valence-electron chi connectivity index (χ3n) is 4.64. The van der Waals surface area contributed by atoms with Crippen molar-refractivity contribution < 1.29 is 14.6 Å². The van der Waals surface area contributed by atoms with Gasteiger partial charge in [-0.1, -0.05) is 6.07 Å². The zero-order valence-corrected chi connectivity index (χ0v) is 13.4. The van der Waals surface area contributed by atoms with Crippen LogP contribution in [0.4, 0.5) is 0 Å². The van der Waals surface area contributed by atoms with Gasteiger partial charge in [0.2, 0.25) is 0 Å². The number of carbonyl (C=O) groups is 1. The summed E-state index contributed by atoms with van der Waals surface area (Å²) in [6.45, 7) is 0.721. The minimum absolute atomic E-state index is 0.0844. The standard InChI is InChI=1S/C17H18N2O3S/c20-13-6-12(7-13)16(19-17(21)15-8-18-9-23-15)11-1-2-14-10(5-11)3-4-22-14/h1-2,5,8-9,12-13,16,20H,3-4,6-7H2,(H,19,21)/t12?,13?,16-/m1/s1. The molecular formula is C17H18N2O3S. The second-order valence-electron chi connectivity index (χ2n) is 6.17. The highest BCUT2D eigenvalue weighted by molar-refractivity contribution is 7.11. The van der Waals surface area contributed by atoms with Crippen LogP contribution in [0.15, 0.2) is 29.9 Å². The molecule has 1 aliphatic carbocycles. The Balaban J connectivity index is 1.59. The van der Waals surface area contributed by atoms with E-state index in [0.29, 0.717) is 4.88 Å². The lowest BCUT2D eigenvalue weighted by Gasteiger charge is -2.38. The van der Waals surface area contributed by atoms with Crippen molar-refractivity contribution in [3.63, 3.8) is 0 Å². The third kappa shape index (κ3) is 2.84. The number of carbonyl (C=O) groups excluding carboxylic acids is 1. The average molecular weight is 330 g/mol. The summed E-state index contributed by atoms with van der Waals surface area (Å²) in [4.78, 5) is 17.0. The summed E-state index contributed by atoms with van der Waals surface area (Å²) in [5, 5.41) is 12.8. The quantitative estimate of drug-likeness (QED) is 0.902. The first-order valence-corrected chi connectivity index (χ1v) is 8.71. The predicted molar refractivity (Wildman–Crippen MR) is 86.7 cm³/mol. The third-order valence-corrected chi connectivity index (χ3v) is 5.41. The van der Waals surface area contributed by atoms with Crippen molar-refractivity contribution in [1.82, 2.24) is 10.3 Å². The van der Waals surface area contributed by atoms with Gasteiger partial charge in [0.15, 0.2) is 0 Å². The lowest BCUT2D eigenvalue weighted by atomic mass is 9.75. The van der Waals surface area contributed by atoms with Gasteiger partial charge in [-0.2, -0.15) is 0 Å². The molecule has 1 aromatic carbocycles. The molecule has 2 heterocycles. The number of hydrogen-bond acceptors (Lipinski definition) is 5. The fourth-order valence-corrected chi connectivity index (χ4v) is 3.84. The van der Waals surface area contributed by atoms with Crippen molar-refractivity contribution in [1.29, 1.82) is 0 Å². The van der Waals surface area contributed by atoms with E-state index < -0.39 is 0 Å². The number of aliphatic hydroxyl groups excluding tert-OH is 1. The topological polar surface area (TPSA) is 71.5 Å².